The summed E-state index contributed by atoms with van der Waals surface area (Å²) in [6.07, 6.45) is 3.20. The molecule has 1 aromatic carbocycles. The number of hydrogen-bond donors (Lipinski definition) is 4. The molecule has 1 aliphatic carbocycles. The fraction of sp³-hybridized carbons (Fsp3) is 0.571. The number of nitrogen functional groups attached to an aromatic ring is 1. The van der Waals surface area contributed by atoms with Crippen molar-refractivity contribution in [2.24, 2.45) is 11.8 Å². The molecule has 6 nitrogen and oxygen atoms in total. The summed E-state index contributed by atoms with van der Waals surface area (Å²) < 4.78 is 26.4. The molecule has 0 amide bonds. The Morgan fingerprint density at radius 2 is 2.05 bits per heavy atom. The van der Waals surface area contributed by atoms with Gasteiger partial charge in [-0.05, 0) is 49.9 Å². The largest absolute Gasteiger partial charge is 0.399 e. The number of nitrogens with two attached hydrogens (primary N) is 1. The fourth-order valence-electron chi connectivity index (χ4n) is 2.88. The SMILES string of the molecule is CNS(=O)(=O)c1cc(N)ccc1NCC1CCCC1CO. The number of rotatable bonds is 6. The number of aliphatic hydroxyl groups excluding tert-OH is 1. The highest BCUT2D eigenvalue weighted by Gasteiger charge is 2.27. The average Bonchev–Trinajstić information content (AvgIpc) is 2.93. The number of anilines is 2. The number of aliphatic hydroxyl groups is 1. The zero-order valence-electron chi connectivity index (χ0n) is 12.2. The van der Waals surface area contributed by atoms with E-state index >= 15 is 0 Å². The Labute approximate surface area is 125 Å². The first-order valence-corrected chi connectivity index (χ1v) is 8.64. The second kappa shape index (κ2) is 6.64. The Hall–Kier alpha value is -1.31. The van der Waals surface area contributed by atoms with Crippen LogP contribution >= 0.6 is 0 Å². The smallest absolute Gasteiger partial charge is 0.242 e. The second-order valence-corrected chi connectivity index (χ2v) is 7.33. The molecule has 2 rings (SSSR count). The van der Waals surface area contributed by atoms with Crippen LogP contribution in [0.2, 0.25) is 0 Å². The van der Waals surface area contributed by atoms with E-state index in [2.05, 4.69) is 10.0 Å². The molecule has 21 heavy (non-hydrogen) atoms. The summed E-state index contributed by atoms with van der Waals surface area (Å²) in [4.78, 5) is 0.156. The first-order valence-electron chi connectivity index (χ1n) is 7.15. The maximum Gasteiger partial charge on any atom is 0.242 e. The van der Waals surface area contributed by atoms with Crippen molar-refractivity contribution in [1.29, 1.82) is 0 Å². The first-order chi connectivity index (χ1) is 9.97. The number of benzene rings is 1. The van der Waals surface area contributed by atoms with Crippen LogP contribution in [0.4, 0.5) is 11.4 Å². The highest BCUT2D eigenvalue weighted by molar-refractivity contribution is 7.89. The zero-order valence-corrected chi connectivity index (χ0v) is 13.0. The maximum atomic E-state index is 12.0. The van der Waals surface area contributed by atoms with Crippen molar-refractivity contribution in [1.82, 2.24) is 4.72 Å². The van der Waals surface area contributed by atoms with Crippen LogP contribution < -0.4 is 15.8 Å². The quantitative estimate of drug-likeness (QED) is 0.586. The Kier molecular flexibility index (Phi) is 5.08. The summed E-state index contributed by atoms with van der Waals surface area (Å²) in [6, 6.07) is 4.81. The van der Waals surface area contributed by atoms with Crippen molar-refractivity contribution < 1.29 is 13.5 Å². The van der Waals surface area contributed by atoms with Gasteiger partial charge >= 0.3 is 0 Å². The van der Waals surface area contributed by atoms with Crippen molar-refractivity contribution >= 4 is 21.4 Å². The van der Waals surface area contributed by atoms with Gasteiger partial charge in [0, 0.05) is 18.8 Å². The molecule has 0 bridgehead atoms. The molecule has 2 atom stereocenters. The monoisotopic (exact) mass is 313 g/mol. The molecular weight excluding hydrogens is 290 g/mol. The third kappa shape index (κ3) is 3.66. The van der Waals surface area contributed by atoms with E-state index in [4.69, 9.17) is 5.73 Å². The van der Waals surface area contributed by atoms with Gasteiger partial charge < -0.3 is 16.2 Å². The fourth-order valence-corrected chi connectivity index (χ4v) is 3.82. The molecule has 0 saturated heterocycles. The first kappa shape index (κ1) is 16.1. The lowest BCUT2D eigenvalue weighted by molar-refractivity contribution is 0.199. The Bertz CT molecular complexity index is 589. The molecular formula is C14H23N3O3S. The van der Waals surface area contributed by atoms with E-state index in [9.17, 15) is 13.5 Å². The van der Waals surface area contributed by atoms with Crippen molar-refractivity contribution in [2.45, 2.75) is 24.2 Å². The molecule has 1 fully saturated rings. The highest BCUT2D eigenvalue weighted by atomic mass is 32.2. The van der Waals surface area contributed by atoms with E-state index in [1.165, 1.54) is 13.1 Å². The predicted molar refractivity (Wildman–Crippen MR) is 83.5 cm³/mol. The van der Waals surface area contributed by atoms with Gasteiger partial charge in [-0.3, -0.25) is 0 Å². The summed E-state index contributed by atoms with van der Waals surface area (Å²) in [7, 11) is -2.18. The zero-order chi connectivity index (χ0) is 15.5. The van der Waals surface area contributed by atoms with Gasteiger partial charge in [0.25, 0.3) is 0 Å². The van der Waals surface area contributed by atoms with Gasteiger partial charge in [-0.15, -0.1) is 0 Å². The topological polar surface area (TPSA) is 104 Å². The summed E-state index contributed by atoms with van der Waals surface area (Å²) in [5.41, 5.74) is 6.64. The lowest BCUT2D eigenvalue weighted by atomic mass is 9.97. The molecule has 0 aliphatic heterocycles. The minimum atomic E-state index is -3.56. The number of nitrogens with one attached hydrogen (secondary N) is 2. The molecule has 5 N–H and O–H groups in total. The van der Waals surface area contributed by atoms with Crippen LogP contribution in [0.25, 0.3) is 0 Å². The summed E-state index contributed by atoms with van der Waals surface area (Å²) in [5.74, 6) is 0.674. The Morgan fingerprint density at radius 1 is 1.33 bits per heavy atom. The molecule has 1 aromatic rings. The summed E-state index contributed by atoms with van der Waals surface area (Å²) in [5, 5.41) is 12.5. The average molecular weight is 313 g/mol. The van der Waals surface area contributed by atoms with E-state index in [-0.39, 0.29) is 11.5 Å². The van der Waals surface area contributed by atoms with Gasteiger partial charge in [0.2, 0.25) is 10.0 Å². The van der Waals surface area contributed by atoms with Crippen molar-refractivity contribution in [3.63, 3.8) is 0 Å². The van der Waals surface area contributed by atoms with Crippen LogP contribution in [-0.4, -0.2) is 33.7 Å². The van der Waals surface area contributed by atoms with Gasteiger partial charge in [-0.2, -0.15) is 0 Å². The van der Waals surface area contributed by atoms with Crippen molar-refractivity contribution in [2.75, 3.05) is 31.2 Å². The molecule has 0 heterocycles. The normalized spacial score (nSPS) is 22.4. The third-order valence-corrected chi connectivity index (χ3v) is 5.62. The molecule has 0 aromatic heterocycles. The van der Waals surface area contributed by atoms with Crippen molar-refractivity contribution in [3.8, 4) is 0 Å². The molecule has 118 valence electrons. The van der Waals surface area contributed by atoms with Gasteiger partial charge in [-0.25, -0.2) is 13.1 Å². The highest BCUT2D eigenvalue weighted by Crippen LogP contribution is 2.32. The minimum Gasteiger partial charge on any atom is -0.399 e. The van der Waals surface area contributed by atoms with Gasteiger partial charge in [0.15, 0.2) is 0 Å². The second-order valence-electron chi connectivity index (χ2n) is 5.48. The lowest BCUT2D eigenvalue weighted by Crippen LogP contribution is -2.24. The van der Waals surface area contributed by atoms with E-state index < -0.39 is 10.0 Å². The van der Waals surface area contributed by atoms with Gasteiger partial charge in [0.05, 0.1) is 5.69 Å². The predicted octanol–water partition coefficient (Wildman–Crippen LogP) is 0.997. The van der Waals surface area contributed by atoms with E-state index in [0.29, 0.717) is 29.8 Å². The minimum absolute atomic E-state index is 0.156. The molecule has 0 spiro atoms. The molecule has 1 saturated carbocycles. The van der Waals surface area contributed by atoms with E-state index in [1.54, 1.807) is 12.1 Å². The molecule has 7 heteroatoms. The number of sulfonamides is 1. The van der Waals surface area contributed by atoms with Crippen LogP contribution in [0, 0.1) is 11.8 Å². The van der Waals surface area contributed by atoms with E-state index in [0.717, 1.165) is 19.3 Å². The van der Waals surface area contributed by atoms with Crippen molar-refractivity contribution in [3.05, 3.63) is 18.2 Å². The number of hydrogen-bond acceptors (Lipinski definition) is 5. The molecule has 2 unspecified atom stereocenters. The van der Waals surface area contributed by atoms with Gasteiger partial charge in [0.1, 0.15) is 4.90 Å². The van der Waals surface area contributed by atoms with Crippen LogP contribution in [0.3, 0.4) is 0 Å². The lowest BCUT2D eigenvalue weighted by Gasteiger charge is -2.20. The van der Waals surface area contributed by atoms with Crippen LogP contribution in [0.5, 0.6) is 0 Å². The molecule has 1 aliphatic rings. The summed E-state index contributed by atoms with van der Waals surface area (Å²) >= 11 is 0. The van der Waals surface area contributed by atoms with E-state index in [1.807, 2.05) is 0 Å². The standard InChI is InChI=1S/C14H23N3O3S/c1-16-21(19,20)14-7-12(15)5-6-13(14)17-8-10-3-2-4-11(10)9-18/h5-7,10-11,16-18H,2-4,8-9,15H2,1H3. The van der Waals surface area contributed by atoms with Gasteiger partial charge in [-0.1, -0.05) is 6.42 Å². The Morgan fingerprint density at radius 3 is 2.71 bits per heavy atom. The van der Waals surface area contributed by atoms with Crippen LogP contribution in [0.1, 0.15) is 19.3 Å². The van der Waals surface area contributed by atoms with Crippen LogP contribution in [0.15, 0.2) is 23.1 Å². The maximum absolute atomic E-state index is 12.0. The third-order valence-electron chi connectivity index (χ3n) is 4.17. The molecule has 0 radical (unpaired) electrons. The van der Waals surface area contributed by atoms with Crippen LogP contribution in [-0.2, 0) is 10.0 Å². The summed E-state index contributed by atoms with van der Waals surface area (Å²) in [6.45, 7) is 0.844. The Balaban J connectivity index is 2.17.